The number of rotatable bonds is 5. The van der Waals surface area contributed by atoms with Gasteiger partial charge >= 0.3 is 12.1 Å². The molecule has 0 aromatic heterocycles. The molecule has 1 fully saturated rings. The van der Waals surface area contributed by atoms with Crippen molar-refractivity contribution in [2.75, 3.05) is 20.2 Å². The number of alkyl halides is 3. The number of piperidine rings is 1. The second kappa shape index (κ2) is 10.2. The molecular formula is C26H30F3N3O3. The topological polar surface area (TPSA) is 70.7 Å². The van der Waals surface area contributed by atoms with E-state index in [0.29, 0.717) is 23.4 Å². The lowest BCUT2D eigenvalue weighted by Crippen LogP contribution is -2.42. The van der Waals surface area contributed by atoms with Gasteiger partial charge in [0.2, 0.25) is 5.91 Å². The number of halogens is 3. The van der Waals surface area contributed by atoms with Gasteiger partial charge in [0, 0.05) is 36.8 Å². The summed E-state index contributed by atoms with van der Waals surface area (Å²) >= 11 is 0. The summed E-state index contributed by atoms with van der Waals surface area (Å²) in [4.78, 5) is 27.5. The average Bonchev–Trinajstić information content (AvgIpc) is 2.85. The number of allylic oxidation sites excluding steroid dienone is 2. The van der Waals surface area contributed by atoms with Crippen LogP contribution in [0.2, 0.25) is 0 Å². The first-order valence-electron chi connectivity index (χ1n) is 11.9. The molecule has 2 unspecified atom stereocenters. The van der Waals surface area contributed by atoms with Crippen molar-refractivity contribution in [1.29, 1.82) is 0 Å². The van der Waals surface area contributed by atoms with Crippen LogP contribution in [-0.2, 0) is 20.5 Å². The molecule has 1 amide bonds. The van der Waals surface area contributed by atoms with Crippen LogP contribution < -0.4 is 10.6 Å². The highest BCUT2D eigenvalue weighted by Gasteiger charge is 2.43. The third-order valence-corrected chi connectivity index (χ3v) is 6.90. The zero-order chi connectivity index (χ0) is 25.2. The van der Waals surface area contributed by atoms with Crippen molar-refractivity contribution in [3.63, 3.8) is 0 Å². The van der Waals surface area contributed by atoms with Crippen molar-refractivity contribution in [2.45, 2.75) is 57.2 Å². The van der Waals surface area contributed by atoms with Crippen molar-refractivity contribution in [1.82, 2.24) is 15.5 Å². The van der Waals surface area contributed by atoms with Crippen molar-refractivity contribution in [3.05, 3.63) is 70.2 Å². The van der Waals surface area contributed by atoms with Crippen LogP contribution in [0, 0.1) is 0 Å². The number of hydrogen-bond acceptors (Lipinski definition) is 5. The fourth-order valence-corrected chi connectivity index (χ4v) is 5.25. The fourth-order valence-electron chi connectivity index (χ4n) is 5.25. The fraction of sp³-hybridized carbons (Fsp3) is 0.462. The Kier molecular flexibility index (Phi) is 7.23. The molecule has 0 radical (unpaired) electrons. The lowest BCUT2D eigenvalue weighted by atomic mass is 9.74. The third kappa shape index (κ3) is 5.09. The summed E-state index contributed by atoms with van der Waals surface area (Å²) in [6, 6.07) is 4.88. The van der Waals surface area contributed by atoms with Crippen molar-refractivity contribution in [2.24, 2.45) is 0 Å². The van der Waals surface area contributed by atoms with Gasteiger partial charge in [0.15, 0.2) is 0 Å². The van der Waals surface area contributed by atoms with E-state index in [-0.39, 0.29) is 23.5 Å². The molecule has 0 spiro atoms. The zero-order valence-corrected chi connectivity index (χ0v) is 19.9. The Morgan fingerprint density at radius 1 is 1.14 bits per heavy atom. The quantitative estimate of drug-likeness (QED) is 0.601. The van der Waals surface area contributed by atoms with Gasteiger partial charge in [-0.15, -0.1) is 0 Å². The highest BCUT2D eigenvalue weighted by Crippen LogP contribution is 2.46. The Hall–Kier alpha value is -3.23. The number of methoxy groups -OCH3 is 1. The Labute approximate surface area is 202 Å². The summed E-state index contributed by atoms with van der Waals surface area (Å²) in [5, 5.41) is 6.40. The summed E-state index contributed by atoms with van der Waals surface area (Å²) in [6.45, 7) is 3.13. The lowest BCUT2D eigenvalue weighted by Gasteiger charge is -2.38. The number of esters is 1. The van der Waals surface area contributed by atoms with E-state index in [1.807, 2.05) is 4.90 Å². The van der Waals surface area contributed by atoms with E-state index >= 15 is 0 Å². The summed E-state index contributed by atoms with van der Waals surface area (Å²) in [5.74, 6) is -1.63. The second-order valence-corrected chi connectivity index (χ2v) is 9.08. The van der Waals surface area contributed by atoms with Gasteiger partial charge in [-0.3, -0.25) is 4.79 Å². The first-order valence-corrected chi connectivity index (χ1v) is 11.9. The molecule has 9 heteroatoms. The normalized spacial score (nSPS) is 22.4. The van der Waals surface area contributed by atoms with Crippen LogP contribution in [0.15, 0.2) is 59.1 Å². The minimum atomic E-state index is -4.60. The van der Waals surface area contributed by atoms with Crippen LogP contribution in [0.4, 0.5) is 13.2 Å². The Morgan fingerprint density at radius 3 is 2.54 bits per heavy atom. The van der Waals surface area contributed by atoms with E-state index in [1.54, 1.807) is 19.2 Å². The van der Waals surface area contributed by atoms with Gasteiger partial charge in [0.05, 0.1) is 24.3 Å². The van der Waals surface area contributed by atoms with Gasteiger partial charge in [-0.25, -0.2) is 4.79 Å². The number of benzene rings is 1. The molecule has 0 aliphatic carbocycles. The van der Waals surface area contributed by atoms with Crippen molar-refractivity contribution < 1.29 is 27.5 Å². The minimum Gasteiger partial charge on any atom is -0.466 e. The molecule has 3 heterocycles. The predicted molar refractivity (Wildman–Crippen MR) is 125 cm³/mol. The van der Waals surface area contributed by atoms with Crippen LogP contribution in [0.5, 0.6) is 0 Å². The Bertz CT molecular complexity index is 1080. The number of ether oxygens (including phenoxy) is 1. The van der Waals surface area contributed by atoms with E-state index in [0.717, 1.165) is 38.4 Å². The number of likely N-dealkylation sites (tertiary alicyclic amines) is 1. The van der Waals surface area contributed by atoms with Gasteiger partial charge in [-0.2, -0.15) is 13.2 Å². The second-order valence-electron chi connectivity index (χ2n) is 9.08. The maximum Gasteiger partial charge on any atom is 0.416 e. The summed E-state index contributed by atoms with van der Waals surface area (Å²) in [5.41, 5.74) is 0.983. The molecule has 6 nitrogen and oxygen atoms in total. The maximum absolute atomic E-state index is 14.0. The number of amides is 1. The number of carbonyl (C=O) groups is 2. The number of hydrogen-bond donors (Lipinski definition) is 2. The van der Waals surface area contributed by atoms with Gasteiger partial charge in [-0.05, 0) is 62.1 Å². The molecule has 1 aromatic rings. The molecule has 1 saturated heterocycles. The zero-order valence-electron chi connectivity index (χ0n) is 19.9. The smallest absolute Gasteiger partial charge is 0.416 e. The molecule has 3 aliphatic rings. The standard InChI is InChI=1S/C26H30F3N3O3/c1-16-22(25(34)35-2)23(17-8-4-5-9-18(17)26(27,28)29)24-19(30-13-12-20(24)31-16)10-11-21(33)32-14-6-3-7-15-32/h4-5,8-9,12-13,19,23,30-31H,3,6-7,10-11,14-15H2,1-2H3. The van der Waals surface area contributed by atoms with Crippen LogP contribution >= 0.6 is 0 Å². The molecule has 0 bridgehead atoms. The number of carbonyl (C=O) groups excluding carboxylic acids is 2. The first kappa shape index (κ1) is 24.9. The highest BCUT2D eigenvalue weighted by molar-refractivity contribution is 5.93. The van der Waals surface area contributed by atoms with E-state index in [2.05, 4.69) is 10.6 Å². The van der Waals surface area contributed by atoms with Gasteiger partial charge < -0.3 is 20.3 Å². The molecule has 2 N–H and O–H groups in total. The predicted octanol–water partition coefficient (Wildman–Crippen LogP) is 4.37. The monoisotopic (exact) mass is 489 g/mol. The Morgan fingerprint density at radius 2 is 1.86 bits per heavy atom. The molecule has 35 heavy (non-hydrogen) atoms. The van der Waals surface area contributed by atoms with Crippen LogP contribution in [0.3, 0.4) is 0 Å². The van der Waals surface area contributed by atoms with E-state index in [1.165, 1.54) is 25.3 Å². The molecule has 2 atom stereocenters. The average molecular weight is 490 g/mol. The molecule has 0 saturated carbocycles. The first-order chi connectivity index (χ1) is 16.7. The lowest BCUT2D eigenvalue weighted by molar-refractivity contribution is -0.139. The number of dihydropyridines is 2. The maximum atomic E-state index is 14.0. The summed E-state index contributed by atoms with van der Waals surface area (Å²) in [7, 11) is 1.22. The van der Waals surface area contributed by atoms with Gasteiger partial charge in [0.1, 0.15) is 0 Å². The number of nitrogens with one attached hydrogen (secondary N) is 2. The SMILES string of the molecule is COC(=O)C1=C(C)NC2=C(C(CCC(=O)N3CCCCC3)NC=C2)C1c1ccccc1C(F)(F)F. The van der Waals surface area contributed by atoms with Crippen molar-refractivity contribution in [3.8, 4) is 0 Å². The van der Waals surface area contributed by atoms with Crippen LogP contribution in [0.25, 0.3) is 0 Å². The largest absolute Gasteiger partial charge is 0.466 e. The molecule has 188 valence electrons. The Balaban J connectivity index is 1.74. The van der Waals surface area contributed by atoms with E-state index < -0.39 is 29.7 Å². The van der Waals surface area contributed by atoms with E-state index in [4.69, 9.17) is 4.74 Å². The summed E-state index contributed by atoms with van der Waals surface area (Å²) < 4.78 is 47.1. The van der Waals surface area contributed by atoms with Gasteiger partial charge in [0.25, 0.3) is 0 Å². The highest BCUT2D eigenvalue weighted by atomic mass is 19.4. The van der Waals surface area contributed by atoms with Crippen LogP contribution in [0.1, 0.15) is 56.1 Å². The molecular weight excluding hydrogens is 459 g/mol. The molecule has 3 aliphatic heterocycles. The molecule has 1 aromatic carbocycles. The van der Waals surface area contributed by atoms with E-state index in [9.17, 15) is 22.8 Å². The number of nitrogens with zero attached hydrogens (tertiary/aromatic N) is 1. The molecule has 4 rings (SSSR count). The minimum absolute atomic E-state index is 0.0155. The van der Waals surface area contributed by atoms with Crippen molar-refractivity contribution >= 4 is 11.9 Å². The van der Waals surface area contributed by atoms with Crippen LogP contribution in [-0.4, -0.2) is 43.0 Å². The third-order valence-electron chi connectivity index (χ3n) is 6.90. The summed E-state index contributed by atoms with van der Waals surface area (Å²) in [6.07, 6.45) is 2.60. The van der Waals surface area contributed by atoms with Gasteiger partial charge in [-0.1, -0.05) is 18.2 Å².